The fourth-order valence-corrected chi connectivity index (χ4v) is 4.45. The van der Waals surface area contributed by atoms with Crippen molar-refractivity contribution in [3.8, 4) is 0 Å². The van der Waals surface area contributed by atoms with Crippen LogP contribution in [0.5, 0.6) is 0 Å². The van der Waals surface area contributed by atoms with E-state index in [0.717, 1.165) is 24.0 Å². The topological polar surface area (TPSA) is 63.4 Å². The Labute approximate surface area is 122 Å². The summed E-state index contributed by atoms with van der Waals surface area (Å²) in [7, 11) is -3.49. The first-order chi connectivity index (χ1) is 9.15. The van der Waals surface area contributed by atoms with Gasteiger partial charge in [0.15, 0.2) is 0 Å². The smallest absolute Gasteiger partial charge is 0.245 e. The molecule has 1 heterocycles. The second-order valence-corrected chi connectivity index (χ2v) is 8.37. The van der Waals surface area contributed by atoms with Crippen molar-refractivity contribution in [2.75, 3.05) is 18.8 Å². The highest BCUT2D eigenvalue weighted by molar-refractivity contribution is 7.89. The van der Waals surface area contributed by atoms with E-state index in [2.05, 4.69) is 13.8 Å². The van der Waals surface area contributed by atoms with Gasteiger partial charge in [0.05, 0.1) is 5.69 Å². The van der Waals surface area contributed by atoms with Crippen molar-refractivity contribution in [3.63, 3.8) is 0 Å². The van der Waals surface area contributed by atoms with Gasteiger partial charge >= 0.3 is 0 Å². The van der Waals surface area contributed by atoms with Gasteiger partial charge in [-0.05, 0) is 49.3 Å². The zero-order valence-electron chi connectivity index (χ0n) is 12.7. The van der Waals surface area contributed by atoms with Gasteiger partial charge < -0.3 is 5.73 Å². The standard InChI is InChI=1S/C15H24N2O2S/c1-11-5-6-13(16)14(12(11)2)20(18,19)17-9-7-15(3,4)8-10-17/h5-6H,7-10,16H2,1-4H3. The predicted molar refractivity (Wildman–Crippen MR) is 82.1 cm³/mol. The van der Waals surface area contributed by atoms with Gasteiger partial charge in [0.2, 0.25) is 10.0 Å². The Morgan fingerprint density at radius 1 is 1.15 bits per heavy atom. The maximum absolute atomic E-state index is 12.8. The number of rotatable bonds is 2. The molecule has 0 bridgehead atoms. The monoisotopic (exact) mass is 296 g/mol. The van der Waals surface area contributed by atoms with E-state index in [1.807, 2.05) is 19.9 Å². The van der Waals surface area contributed by atoms with E-state index in [1.165, 1.54) is 0 Å². The van der Waals surface area contributed by atoms with Crippen molar-refractivity contribution < 1.29 is 8.42 Å². The molecule has 1 aromatic rings. The van der Waals surface area contributed by atoms with Gasteiger partial charge in [-0.3, -0.25) is 0 Å². The van der Waals surface area contributed by atoms with Crippen LogP contribution in [0.3, 0.4) is 0 Å². The number of hydrogen-bond acceptors (Lipinski definition) is 3. The van der Waals surface area contributed by atoms with Crippen molar-refractivity contribution in [1.29, 1.82) is 0 Å². The molecule has 0 aliphatic carbocycles. The van der Waals surface area contributed by atoms with Crippen LogP contribution in [0, 0.1) is 19.3 Å². The maximum Gasteiger partial charge on any atom is 0.245 e. The zero-order chi connectivity index (χ0) is 15.1. The summed E-state index contributed by atoms with van der Waals surface area (Å²) in [6.45, 7) is 9.25. The molecule has 0 spiro atoms. The van der Waals surface area contributed by atoms with Gasteiger partial charge in [-0.25, -0.2) is 8.42 Å². The quantitative estimate of drug-likeness (QED) is 0.853. The lowest BCUT2D eigenvalue weighted by Gasteiger charge is -2.36. The molecular formula is C15H24N2O2S. The van der Waals surface area contributed by atoms with E-state index >= 15 is 0 Å². The van der Waals surface area contributed by atoms with Gasteiger partial charge in [-0.15, -0.1) is 0 Å². The molecule has 1 aliphatic heterocycles. The summed E-state index contributed by atoms with van der Waals surface area (Å²) >= 11 is 0. The van der Waals surface area contributed by atoms with Crippen LogP contribution in [-0.4, -0.2) is 25.8 Å². The summed E-state index contributed by atoms with van der Waals surface area (Å²) in [5, 5.41) is 0. The van der Waals surface area contributed by atoms with Crippen molar-refractivity contribution in [1.82, 2.24) is 4.31 Å². The first-order valence-electron chi connectivity index (χ1n) is 7.01. The van der Waals surface area contributed by atoms with Crippen molar-refractivity contribution >= 4 is 15.7 Å². The predicted octanol–water partition coefficient (Wildman–Crippen LogP) is 2.70. The van der Waals surface area contributed by atoms with Crippen LogP contribution in [-0.2, 0) is 10.0 Å². The van der Waals surface area contributed by atoms with Crippen LogP contribution >= 0.6 is 0 Å². The van der Waals surface area contributed by atoms with E-state index in [9.17, 15) is 8.42 Å². The van der Waals surface area contributed by atoms with Crippen LogP contribution in [0.1, 0.15) is 37.8 Å². The Bertz CT molecular complexity index is 611. The lowest BCUT2D eigenvalue weighted by atomic mass is 9.83. The van der Waals surface area contributed by atoms with Crippen LogP contribution in [0.15, 0.2) is 17.0 Å². The summed E-state index contributed by atoms with van der Waals surface area (Å²) in [5.41, 5.74) is 8.21. The number of anilines is 1. The van der Waals surface area contributed by atoms with Crippen molar-refractivity contribution in [2.45, 2.75) is 45.4 Å². The van der Waals surface area contributed by atoms with Crippen LogP contribution in [0.4, 0.5) is 5.69 Å². The van der Waals surface area contributed by atoms with Crippen LogP contribution < -0.4 is 5.73 Å². The molecular weight excluding hydrogens is 272 g/mol. The molecule has 2 rings (SSSR count). The molecule has 1 saturated heterocycles. The molecule has 4 nitrogen and oxygen atoms in total. The summed E-state index contributed by atoms with van der Waals surface area (Å²) in [5.74, 6) is 0. The van der Waals surface area contributed by atoms with Gasteiger partial charge in [-0.2, -0.15) is 4.31 Å². The Morgan fingerprint density at radius 2 is 1.70 bits per heavy atom. The lowest BCUT2D eigenvalue weighted by molar-refractivity contribution is 0.196. The summed E-state index contributed by atoms with van der Waals surface area (Å²) in [4.78, 5) is 0.289. The van der Waals surface area contributed by atoms with Crippen LogP contribution in [0.25, 0.3) is 0 Å². The number of nitrogens with zero attached hydrogens (tertiary/aromatic N) is 1. The molecule has 1 aliphatic rings. The average molecular weight is 296 g/mol. The van der Waals surface area contributed by atoms with E-state index in [4.69, 9.17) is 5.73 Å². The summed E-state index contributed by atoms with van der Waals surface area (Å²) in [6, 6.07) is 3.55. The molecule has 0 saturated carbocycles. The number of aryl methyl sites for hydroxylation is 1. The Kier molecular flexibility index (Phi) is 3.86. The number of benzene rings is 1. The molecule has 0 amide bonds. The second kappa shape index (κ2) is 5.04. The summed E-state index contributed by atoms with van der Waals surface area (Å²) in [6.07, 6.45) is 1.77. The second-order valence-electron chi connectivity index (χ2n) is 6.49. The number of nitrogen functional groups attached to an aromatic ring is 1. The molecule has 5 heteroatoms. The number of nitrogens with two attached hydrogens (primary N) is 1. The lowest BCUT2D eigenvalue weighted by Crippen LogP contribution is -2.41. The first-order valence-corrected chi connectivity index (χ1v) is 8.45. The van der Waals surface area contributed by atoms with Gasteiger partial charge in [0.25, 0.3) is 0 Å². The third-order valence-corrected chi connectivity index (χ3v) is 6.48. The molecule has 1 aromatic carbocycles. The minimum Gasteiger partial charge on any atom is -0.398 e. The van der Waals surface area contributed by atoms with Gasteiger partial charge in [-0.1, -0.05) is 19.9 Å². The van der Waals surface area contributed by atoms with Crippen molar-refractivity contribution in [2.24, 2.45) is 5.41 Å². The third-order valence-electron chi connectivity index (χ3n) is 4.38. The van der Waals surface area contributed by atoms with Crippen molar-refractivity contribution in [3.05, 3.63) is 23.3 Å². The minimum absolute atomic E-state index is 0.221. The van der Waals surface area contributed by atoms with E-state index in [-0.39, 0.29) is 10.3 Å². The molecule has 1 fully saturated rings. The Balaban J connectivity index is 2.40. The Morgan fingerprint density at radius 3 is 2.25 bits per heavy atom. The molecule has 112 valence electrons. The highest BCUT2D eigenvalue weighted by Gasteiger charge is 2.34. The molecule has 0 aromatic heterocycles. The zero-order valence-corrected chi connectivity index (χ0v) is 13.5. The average Bonchev–Trinajstić information content (AvgIpc) is 2.33. The molecule has 0 radical (unpaired) electrons. The molecule has 2 N–H and O–H groups in total. The number of piperidine rings is 1. The molecule has 0 unspecified atom stereocenters. The normalized spacial score (nSPS) is 20.0. The van der Waals surface area contributed by atoms with E-state index in [1.54, 1.807) is 10.4 Å². The van der Waals surface area contributed by atoms with Gasteiger partial charge in [0, 0.05) is 13.1 Å². The number of hydrogen-bond donors (Lipinski definition) is 1. The van der Waals surface area contributed by atoms with Gasteiger partial charge in [0.1, 0.15) is 4.90 Å². The molecule has 0 atom stereocenters. The SMILES string of the molecule is Cc1ccc(N)c(S(=O)(=O)N2CCC(C)(C)CC2)c1C. The first kappa shape index (κ1) is 15.3. The number of sulfonamides is 1. The highest BCUT2D eigenvalue weighted by atomic mass is 32.2. The van der Waals surface area contributed by atoms with Crippen LogP contribution in [0.2, 0.25) is 0 Å². The third kappa shape index (κ3) is 2.69. The fraction of sp³-hybridized carbons (Fsp3) is 0.600. The van der Waals surface area contributed by atoms with E-state index in [0.29, 0.717) is 18.8 Å². The fourth-order valence-electron chi connectivity index (χ4n) is 2.61. The molecule has 20 heavy (non-hydrogen) atoms. The highest BCUT2D eigenvalue weighted by Crippen LogP contribution is 2.34. The van der Waals surface area contributed by atoms with E-state index < -0.39 is 10.0 Å². The minimum atomic E-state index is -3.49. The summed E-state index contributed by atoms with van der Waals surface area (Å²) < 4.78 is 27.3. The maximum atomic E-state index is 12.8. The Hall–Kier alpha value is -1.07. The largest absolute Gasteiger partial charge is 0.398 e.